The molecule has 1 aromatic carbocycles. The smallest absolute Gasteiger partial charge is 0.416 e. The molecular formula is C14H16F3N3O6. The molecule has 0 spiro atoms. The molecule has 0 heterocycles. The molecule has 0 aromatic heterocycles. The molecule has 0 aliphatic carbocycles. The van der Waals surface area contributed by atoms with Gasteiger partial charge >= 0.3 is 12.1 Å². The van der Waals surface area contributed by atoms with Crippen molar-refractivity contribution in [1.82, 2.24) is 5.32 Å². The fourth-order valence-electron chi connectivity index (χ4n) is 1.93. The number of aliphatic carboxylic acids is 1. The highest BCUT2D eigenvalue weighted by Crippen LogP contribution is 2.34. The Morgan fingerprint density at radius 2 is 2.04 bits per heavy atom. The monoisotopic (exact) mass is 379 g/mol. The highest BCUT2D eigenvalue weighted by molar-refractivity contribution is 5.83. The molecule has 9 nitrogen and oxygen atoms in total. The molecule has 26 heavy (non-hydrogen) atoms. The molecule has 0 radical (unpaired) electrons. The fraction of sp³-hybridized carbons (Fsp3) is 0.429. The standard InChI is InChI=1S/C14H16F3N3O6/c1-26-7-10(13(22)23)19-12(21)4-5-18-9-3-2-8(14(15,16)17)6-11(9)20(24)25/h2-3,6,10,18H,4-5,7H2,1H3,(H,19,21)(H,22,23). The average molecular weight is 379 g/mol. The number of amides is 1. The largest absolute Gasteiger partial charge is 0.480 e. The molecular weight excluding hydrogens is 363 g/mol. The number of carbonyl (C=O) groups is 2. The quantitative estimate of drug-likeness (QED) is 0.439. The van der Waals surface area contributed by atoms with E-state index in [-0.39, 0.29) is 25.3 Å². The lowest BCUT2D eigenvalue weighted by Crippen LogP contribution is -2.44. The zero-order valence-corrected chi connectivity index (χ0v) is 13.5. The third kappa shape index (κ3) is 6.20. The van der Waals surface area contributed by atoms with E-state index < -0.39 is 40.3 Å². The topological polar surface area (TPSA) is 131 Å². The lowest BCUT2D eigenvalue weighted by molar-refractivity contribution is -0.384. The van der Waals surface area contributed by atoms with Crippen molar-refractivity contribution in [3.05, 3.63) is 33.9 Å². The van der Waals surface area contributed by atoms with E-state index >= 15 is 0 Å². The molecule has 3 N–H and O–H groups in total. The zero-order valence-electron chi connectivity index (χ0n) is 13.5. The molecule has 0 bridgehead atoms. The first-order valence-electron chi connectivity index (χ1n) is 7.17. The number of hydrogen-bond donors (Lipinski definition) is 3. The van der Waals surface area contributed by atoms with Crippen molar-refractivity contribution in [2.45, 2.75) is 18.6 Å². The highest BCUT2D eigenvalue weighted by Gasteiger charge is 2.33. The molecule has 0 aliphatic rings. The number of nitrogens with one attached hydrogen (secondary N) is 2. The Hall–Kier alpha value is -2.89. The van der Waals surface area contributed by atoms with Crippen molar-refractivity contribution in [2.75, 3.05) is 25.6 Å². The van der Waals surface area contributed by atoms with Crippen molar-refractivity contribution in [1.29, 1.82) is 0 Å². The summed E-state index contributed by atoms with van der Waals surface area (Å²) in [6, 6.07) is 0.702. The molecule has 144 valence electrons. The van der Waals surface area contributed by atoms with E-state index in [9.17, 15) is 32.9 Å². The van der Waals surface area contributed by atoms with Gasteiger partial charge in [-0.25, -0.2) is 4.79 Å². The molecule has 1 rings (SSSR count). The van der Waals surface area contributed by atoms with Crippen molar-refractivity contribution >= 4 is 23.3 Å². The lowest BCUT2D eigenvalue weighted by Gasteiger charge is -2.14. The summed E-state index contributed by atoms with van der Waals surface area (Å²) in [5, 5.41) is 24.5. The van der Waals surface area contributed by atoms with Gasteiger partial charge in [0.2, 0.25) is 5.91 Å². The SMILES string of the molecule is COCC(NC(=O)CCNc1ccc(C(F)(F)F)cc1[N+](=O)[O-])C(=O)O. The van der Waals surface area contributed by atoms with Gasteiger partial charge in [0.1, 0.15) is 5.69 Å². The number of benzene rings is 1. The number of alkyl halides is 3. The van der Waals surface area contributed by atoms with Gasteiger partial charge in [-0.1, -0.05) is 0 Å². The van der Waals surface area contributed by atoms with E-state index in [0.717, 1.165) is 6.07 Å². The molecule has 1 amide bonds. The summed E-state index contributed by atoms with van der Waals surface area (Å²) >= 11 is 0. The van der Waals surface area contributed by atoms with Crippen molar-refractivity contribution in [3.63, 3.8) is 0 Å². The molecule has 0 aliphatic heterocycles. The molecule has 1 aromatic rings. The molecule has 12 heteroatoms. The number of carboxylic acid groups (broad SMARTS) is 1. The number of methoxy groups -OCH3 is 1. The first kappa shape index (κ1) is 21.2. The summed E-state index contributed by atoms with van der Waals surface area (Å²) in [5.74, 6) is -1.97. The number of rotatable bonds is 9. The van der Waals surface area contributed by atoms with Gasteiger partial charge in [-0.3, -0.25) is 14.9 Å². The van der Waals surface area contributed by atoms with Gasteiger partial charge in [-0.15, -0.1) is 0 Å². The number of hydrogen-bond acceptors (Lipinski definition) is 6. The molecule has 0 fully saturated rings. The summed E-state index contributed by atoms with van der Waals surface area (Å²) in [4.78, 5) is 32.5. The summed E-state index contributed by atoms with van der Waals surface area (Å²) in [7, 11) is 1.26. The summed E-state index contributed by atoms with van der Waals surface area (Å²) < 4.78 is 42.5. The Labute approximate surface area is 145 Å². The van der Waals surface area contributed by atoms with Gasteiger partial charge < -0.3 is 20.5 Å². The number of ether oxygens (including phenoxy) is 1. The molecule has 1 atom stereocenters. The maximum atomic E-state index is 12.6. The van der Waals surface area contributed by atoms with Crippen molar-refractivity contribution < 1.29 is 37.5 Å². The summed E-state index contributed by atoms with van der Waals surface area (Å²) in [5.41, 5.74) is -2.15. The minimum atomic E-state index is -4.73. The van der Waals surface area contributed by atoms with Crippen LogP contribution in [-0.2, 0) is 20.5 Å². The number of halogens is 3. The van der Waals surface area contributed by atoms with Crippen LogP contribution in [0.2, 0.25) is 0 Å². The van der Waals surface area contributed by atoms with E-state index in [0.29, 0.717) is 12.1 Å². The zero-order chi connectivity index (χ0) is 19.9. The second-order valence-electron chi connectivity index (χ2n) is 5.08. The molecule has 1 unspecified atom stereocenters. The minimum Gasteiger partial charge on any atom is -0.480 e. The number of nitro groups is 1. The van der Waals surface area contributed by atoms with Gasteiger partial charge in [0.25, 0.3) is 5.69 Å². The first-order valence-corrected chi connectivity index (χ1v) is 7.17. The van der Waals surface area contributed by atoms with Crippen LogP contribution in [0.4, 0.5) is 24.5 Å². The van der Waals surface area contributed by atoms with E-state index in [4.69, 9.17) is 5.11 Å². The van der Waals surface area contributed by atoms with E-state index in [1.54, 1.807) is 0 Å². The van der Waals surface area contributed by atoms with Crippen molar-refractivity contribution in [2.24, 2.45) is 0 Å². The predicted molar refractivity (Wildman–Crippen MR) is 82.6 cm³/mol. The third-order valence-electron chi connectivity index (χ3n) is 3.16. The second kappa shape index (κ2) is 8.99. The maximum Gasteiger partial charge on any atom is 0.416 e. The van der Waals surface area contributed by atoms with E-state index in [1.165, 1.54) is 7.11 Å². The van der Waals surface area contributed by atoms with Crippen LogP contribution < -0.4 is 10.6 Å². The van der Waals surface area contributed by atoms with Gasteiger partial charge in [0.15, 0.2) is 6.04 Å². The fourth-order valence-corrected chi connectivity index (χ4v) is 1.93. The number of nitro benzene ring substituents is 1. The first-order chi connectivity index (χ1) is 12.1. The van der Waals surface area contributed by atoms with Crippen LogP contribution in [0.5, 0.6) is 0 Å². The average Bonchev–Trinajstić information content (AvgIpc) is 2.53. The molecule has 0 saturated carbocycles. The normalized spacial score (nSPS) is 12.3. The van der Waals surface area contributed by atoms with Gasteiger partial charge in [0.05, 0.1) is 17.1 Å². The van der Waals surface area contributed by atoms with Crippen molar-refractivity contribution in [3.8, 4) is 0 Å². The summed E-state index contributed by atoms with van der Waals surface area (Å²) in [6.45, 7) is -0.407. The second-order valence-corrected chi connectivity index (χ2v) is 5.08. The Bertz CT molecular complexity index is 680. The third-order valence-corrected chi connectivity index (χ3v) is 3.16. The van der Waals surface area contributed by atoms with Gasteiger partial charge in [0, 0.05) is 26.1 Å². The number of carbonyl (C=O) groups excluding carboxylic acids is 1. The Morgan fingerprint density at radius 1 is 1.38 bits per heavy atom. The maximum absolute atomic E-state index is 12.6. The number of anilines is 1. The van der Waals surface area contributed by atoms with E-state index in [1.807, 2.05) is 0 Å². The van der Waals surface area contributed by atoms with Crippen LogP contribution in [0.1, 0.15) is 12.0 Å². The molecule has 0 saturated heterocycles. The number of nitrogens with zero attached hydrogens (tertiary/aromatic N) is 1. The number of carboxylic acids is 1. The Balaban J connectivity index is 2.71. The Morgan fingerprint density at radius 3 is 2.54 bits per heavy atom. The van der Waals surface area contributed by atoms with Gasteiger partial charge in [-0.2, -0.15) is 13.2 Å². The van der Waals surface area contributed by atoms with Crippen LogP contribution in [0.25, 0.3) is 0 Å². The van der Waals surface area contributed by atoms with Gasteiger partial charge in [-0.05, 0) is 12.1 Å². The summed E-state index contributed by atoms with van der Waals surface area (Å²) in [6.07, 6.45) is -4.98. The van der Waals surface area contributed by atoms with Crippen LogP contribution in [0, 0.1) is 10.1 Å². The van der Waals surface area contributed by atoms with Crippen LogP contribution in [0.3, 0.4) is 0 Å². The highest BCUT2D eigenvalue weighted by atomic mass is 19.4. The minimum absolute atomic E-state index is 0.155. The Kier molecular flexibility index (Phi) is 7.31. The predicted octanol–water partition coefficient (Wildman–Crippen LogP) is 1.63. The van der Waals surface area contributed by atoms with E-state index in [2.05, 4.69) is 15.4 Å². The van der Waals surface area contributed by atoms with Crippen LogP contribution in [-0.4, -0.2) is 48.2 Å². The van der Waals surface area contributed by atoms with Crippen LogP contribution in [0.15, 0.2) is 18.2 Å². The van der Waals surface area contributed by atoms with Crippen LogP contribution >= 0.6 is 0 Å². The lowest BCUT2D eigenvalue weighted by atomic mass is 10.1.